The lowest BCUT2D eigenvalue weighted by Gasteiger charge is -2.23. The molecule has 4 rings (SSSR count). The second-order valence-electron chi connectivity index (χ2n) is 8.52. The van der Waals surface area contributed by atoms with Gasteiger partial charge in [0.25, 0.3) is 5.91 Å². The monoisotopic (exact) mass is 505 g/mol. The summed E-state index contributed by atoms with van der Waals surface area (Å²) in [7, 11) is 3.96. The molecule has 0 saturated heterocycles. The molecule has 0 aliphatic carbocycles. The van der Waals surface area contributed by atoms with Crippen LogP contribution in [0.4, 0.5) is 5.69 Å². The minimum absolute atomic E-state index is 0.244. The predicted molar refractivity (Wildman–Crippen MR) is 141 cm³/mol. The molecule has 0 saturated carbocycles. The quantitative estimate of drug-likeness (QED) is 0.365. The molecule has 8 heteroatoms. The van der Waals surface area contributed by atoms with Gasteiger partial charge in [-0.05, 0) is 48.9 Å². The first-order valence-corrected chi connectivity index (χ1v) is 12.1. The van der Waals surface area contributed by atoms with E-state index in [0.717, 1.165) is 28.8 Å². The molecule has 36 heavy (non-hydrogen) atoms. The SMILES string of the molecule is CCOc1cc(C=O)ccc1OCC(=O)N1N=C(c2ccccc2Cl)CC1c1ccc(N(C)C)cc1. The number of carbonyl (C=O) groups excluding carboxylic acids is 2. The van der Waals surface area contributed by atoms with E-state index >= 15 is 0 Å². The Morgan fingerprint density at radius 2 is 1.83 bits per heavy atom. The van der Waals surface area contributed by atoms with E-state index in [1.54, 1.807) is 18.2 Å². The number of carbonyl (C=O) groups is 2. The highest BCUT2D eigenvalue weighted by Crippen LogP contribution is 2.35. The molecule has 7 nitrogen and oxygen atoms in total. The molecule has 0 radical (unpaired) electrons. The number of hydrogen-bond acceptors (Lipinski definition) is 6. The van der Waals surface area contributed by atoms with Gasteiger partial charge in [0.05, 0.1) is 18.4 Å². The van der Waals surface area contributed by atoms with Crippen LogP contribution in [0.3, 0.4) is 0 Å². The summed E-state index contributed by atoms with van der Waals surface area (Å²) < 4.78 is 11.4. The molecule has 1 atom stereocenters. The number of aldehydes is 1. The van der Waals surface area contributed by atoms with Gasteiger partial charge in [0.15, 0.2) is 18.1 Å². The van der Waals surface area contributed by atoms with Crippen LogP contribution in [0.2, 0.25) is 5.02 Å². The molecule has 1 heterocycles. The van der Waals surface area contributed by atoms with Crippen LogP contribution >= 0.6 is 11.6 Å². The van der Waals surface area contributed by atoms with Gasteiger partial charge in [-0.15, -0.1) is 0 Å². The van der Waals surface area contributed by atoms with Gasteiger partial charge in [-0.1, -0.05) is 41.9 Å². The van der Waals surface area contributed by atoms with E-state index in [-0.39, 0.29) is 18.6 Å². The largest absolute Gasteiger partial charge is 0.490 e. The zero-order valence-electron chi connectivity index (χ0n) is 20.5. The van der Waals surface area contributed by atoms with Gasteiger partial charge in [0.2, 0.25) is 0 Å². The maximum Gasteiger partial charge on any atom is 0.281 e. The second-order valence-corrected chi connectivity index (χ2v) is 8.92. The van der Waals surface area contributed by atoms with E-state index in [9.17, 15) is 9.59 Å². The van der Waals surface area contributed by atoms with Crippen molar-refractivity contribution in [2.45, 2.75) is 19.4 Å². The molecule has 3 aromatic carbocycles. The van der Waals surface area contributed by atoms with Crippen molar-refractivity contribution < 1.29 is 19.1 Å². The molecule has 186 valence electrons. The van der Waals surface area contributed by atoms with Crippen molar-refractivity contribution in [3.05, 3.63) is 88.4 Å². The molecule has 1 aliphatic heterocycles. The Kier molecular flexibility index (Phi) is 7.90. The number of rotatable bonds is 9. The number of nitrogens with zero attached hydrogens (tertiary/aromatic N) is 3. The van der Waals surface area contributed by atoms with Gasteiger partial charge < -0.3 is 14.4 Å². The number of hydrogen-bond donors (Lipinski definition) is 0. The summed E-state index contributed by atoms with van der Waals surface area (Å²) in [6.45, 7) is 1.99. The van der Waals surface area contributed by atoms with Gasteiger partial charge in [-0.2, -0.15) is 5.10 Å². The zero-order valence-corrected chi connectivity index (χ0v) is 21.2. The third kappa shape index (κ3) is 5.52. The highest BCUT2D eigenvalue weighted by atomic mass is 35.5. The average molecular weight is 506 g/mol. The number of halogens is 1. The smallest absolute Gasteiger partial charge is 0.281 e. The summed E-state index contributed by atoms with van der Waals surface area (Å²) in [4.78, 5) is 26.5. The Balaban J connectivity index is 1.60. The van der Waals surface area contributed by atoms with Crippen LogP contribution in [0.5, 0.6) is 11.5 Å². The van der Waals surface area contributed by atoms with Crippen molar-refractivity contribution in [3.8, 4) is 11.5 Å². The minimum Gasteiger partial charge on any atom is -0.490 e. The van der Waals surface area contributed by atoms with E-state index in [4.69, 9.17) is 21.1 Å². The van der Waals surface area contributed by atoms with Crippen LogP contribution < -0.4 is 14.4 Å². The standard InChI is InChI=1S/C28H28ClN3O4/c1-4-35-27-15-19(17-33)9-14-26(27)36-18-28(34)32-25(20-10-12-21(13-11-20)31(2)3)16-24(30-32)22-7-5-6-8-23(22)29/h5-15,17,25H,4,16,18H2,1-3H3. The fourth-order valence-corrected chi connectivity index (χ4v) is 4.29. The van der Waals surface area contributed by atoms with Crippen molar-refractivity contribution in [2.75, 3.05) is 32.2 Å². The van der Waals surface area contributed by atoms with E-state index in [1.807, 2.05) is 74.4 Å². The van der Waals surface area contributed by atoms with Crippen molar-refractivity contribution in [1.29, 1.82) is 0 Å². The highest BCUT2D eigenvalue weighted by molar-refractivity contribution is 6.34. The number of amides is 1. The number of benzene rings is 3. The Morgan fingerprint density at radius 1 is 1.08 bits per heavy atom. The van der Waals surface area contributed by atoms with Crippen LogP contribution in [-0.4, -0.2) is 50.2 Å². The van der Waals surface area contributed by atoms with Crippen molar-refractivity contribution in [1.82, 2.24) is 5.01 Å². The number of anilines is 1. The van der Waals surface area contributed by atoms with Crippen LogP contribution in [0.1, 0.15) is 40.9 Å². The first kappa shape index (κ1) is 25.3. The maximum absolute atomic E-state index is 13.4. The molecule has 1 amide bonds. The van der Waals surface area contributed by atoms with Gasteiger partial charge in [0, 0.05) is 42.4 Å². The Morgan fingerprint density at radius 3 is 2.50 bits per heavy atom. The Bertz CT molecular complexity index is 1270. The third-order valence-electron chi connectivity index (χ3n) is 5.90. The fourth-order valence-electron chi connectivity index (χ4n) is 4.04. The molecule has 0 fully saturated rings. The molecule has 3 aromatic rings. The molecule has 0 spiro atoms. The summed E-state index contributed by atoms with van der Waals surface area (Å²) >= 11 is 6.44. The van der Waals surface area contributed by atoms with Crippen molar-refractivity contribution >= 4 is 35.2 Å². The molecule has 0 N–H and O–H groups in total. The topological polar surface area (TPSA) is 71.4 Å². The summed E-state index contributed by atoms with van der Waals surface area (Å²) in [5.74, 6) is 0.491. The number of ether oxygens (including phenoxy) is 2. The Hall–Kier alpha value is -3.84. The van der Waals surface area contributed by atoms with Crippen molar-refractivity contribution in [3.63, 3.8) is 0 Å². The summed E-state index contributed by atoms with van der Waals surface area (Å²) in [6.07, 6.45) is 1.26. The second kappa shape index (κ2) is 11.3. The lowest BCUT2D eigenvalue weighted by Crippen LogP contribution is -2.31. The zero-order chi connectivity index (χ0) is 25.7. The summed E-state index contributed by atoms with van der Waals surface area (Å²) in [5, 5.41) is 6.74. The summed E-state index contributed by atoms with van der Waals surface area (Å²) in [5.41, 5.74) is 4.03. The van der Waals surface area contributed by atoms with Gasteiger partial charge in [0.1, 0.15) is 6.29 Å². The third-order valence-corrected chi connectivity index (χ3v) is 6.23. The Labute approximate surface area is 215 Å². The lowest BCUT2D eigenvalue weighted by atomic mass is 9.98. The van der Waals surface area contributed by atoms with E-state index in [0.29, 0.717) is 35.1 Å². The van der Waals surface area contributed by atoms with Gasteiger partial charge in [-0.3, -0.25) is 9.59 Å². The molecule has 1 unspecified atom stereocenters. The van der Waals surface area contributed by atoms with Gasteiger partial charge in [-0.25, -0.2) is 5.01 Å². The fraction of sp³-hybridized carbons (Fsp3) is 0.250. The minimum atomic E-state index is -0.305. The van der Waals surface area contributed by atoms with Crippen LogP contribution in [-0.2, 0) is 4.79 Å². The normalized spacial score (nSPS) is 14.8. The first-order chi connectivity index (χ1) is 17.4. The molecule has 0 aromatic heterocycles. The van der Waals surface area contributed by atoms with Crippen LogP contribution in [0.25, 0.3) is 0 Å². The van der Waals surface area contributed by atoms with E-state index < -0.39 is 0 Å². The molecule has 0 bridgehead atoms. The number of hydrazone groups is 1. The van der Waals surface area contributed by atoms with Gasteiger partial charge >= 0.3 is 0 Å². The van der Waals surface area contributed by atoms with Crippen LogP contribution in [0, 0.1) is 0 Å². The predicted octanol–water partition coefficient (Wildman–Crippen LogP) is 5.37. The van der Waals surface area contributed by atoms with E-state index in [1.165, 1.54) is 5.01 Å². The van der Waals surface area contributed by atoms with Crippen molar-refractivity contribution in [2.24, 2.45) is 5.10 Å². The molecule has 1 aliphatic rings. The first-order valence-electron chi connectivity index (χ1n) is 11.7. The van der Waals surface area contributed by atoms with Crippen LogP contribution in [0.15, 0.2) is 71.8 Å². The molecular formula is C28H28ClN3O4. The summed E-state index contributed by atoms with van der Waals surface area (Å²) in [6, 6.07) is 20.1. The highest BCUT2D eigenvalue weighted by Gasteiger charge is 2.34. The molecular weight excluding hydrogens is 478 g/mol. The lowest BCUT2D eigenvalue weighted by molar-refractivity contribution is -0.135. The van der Waals surface area contributed by atoms with E-state index in [2.05, 4.69) is 5.10 Å². The maximum atomic E-state index is 13.4. The average Bonchev–Trinajstić information content (AvgIpc) is 3.33.